The summed E-state index contributed by atoms with van der Waals surface area (Å²) in [6.45, 7) is 4.83. The molecular formula is C20H26ClN5O. The average Bonchev–Trinajstić information content (AvgIpc) is 3.36. The minimum absolute atomic E-state index is 0.146. The van der Waals surface area contributed by atoms with Crippen LogP contribution in [0.25, 0.3) is 5.69 Å². The van der Waals surface area contributed by atoms with Gasteiger partial charge in [-0.15, -0.1) is 0 Å². The molecule has 6 nitrogen and oxygen atoms in total. The van der Waals surface area contributed by atoms with Crippen LogP contribution in [0.3, 0.4) is 0 Å². The van der Waals surface area contributed by atoms with E-state index in [4.69, 9.17) is 11.6 Å². The first-order chi connectivity index (χ1) is 13.2. The predicted octanol–water partition coefficient (Wildman–Crippen LogP) is 3.54. The monoisotopic (exact) mass is 387 g/mol. The smallest absolute Gasteiger partial charge is 0.226 e. The van der Waals surface area contributed by atoms with E-state index in [1.54, 1.807) is 23.3 Å². The number of carbonyl (C=O) groups is 1. The Bertz CT molecular complexity index is 799. The van der Waals surface area contributed by atoms with Crippen LogP contribution < -0.4 is 4.90 Å². The Morgan fingerprint density at radius 1 is 1.19 bits per heavy atom. The highest BCUT2D eigenvalue weighted by atomic mass is 35.5. The van der Waals surface area contributed by atoms with Crippen LogP contribution in [0.4, 0.5) is 5.69 Å². The number of aromatic nitrogens is 3. The Morgan fingerprint density at radius 3 is 2.70 bits per heavy atom. The molecule has 0 N–H and O–H groups in total. The van der Waals surface area contributed by atoms with Crippen molar-refractivity contribution < 1.29 is 4.79 Å². The molecule has 0 bridgehead atoms. The molecule has 2 fully saturated rings. The predicted molar refractivity (Wildman–Crippen MR) is 106 cm³/mol. The average molecular weight is 388 g/mol. The molecule has 2 aliphatic rings. The zero-order chi connectivity index (χ0) is 18.8. The van der Waals surface area contributed by atoms with Crippen molar-refractivity contribution in [2.24, 2.45) is 5.92 Å². The minimum Gasteiger partial charge on any atom is -0.368 e. The van der Waals surface area contributed by atoms with Gasteiger partial charge in [0, 0.05) is 44.0 Å². The number of nitrogens with zero attached hydrogens (tertiary/aromatic N) is 5. The number of amides is 1. The highest BCUT2D eigenvalue weighted by molar-refractivity contribution is 6.30. The molecule has 1 amide bonds. The molecule has 2 aromatic rings. The lowest BCUT2D eigenvalue weighted by molar-refractivity contribution is -0.137. The number of piperidine rings is 1. The molecule has 144 valence electrons. The molecule has 0 radical (unpaired) electrons. The van der Waals surface area contributed by atoms with Crippen molar-refractivity contribution >= 4 is 23.2 Å². The molecule has 0 aromatic carbocycles. The molecule has 1 atom stereocenters. The standard InChI is InChI=1S/C20H26ClN5O/c1-2-17-4-3-9-25(17)20(27)15-6-10-24(11-7-15)19-13-22-8-5-18(19)26-14-16(21)12-23-26/h5,8,12-15,17H,2-4,6-7,9-11H2,1H3. The highest BCUT2D eigenvalue weighted by Gasteiger charge is 2.34. The molecule has 0 spiro atoms. The van der Waals surface area contributed by atoms with Gasteiger partial charge >= 0.3 is 0 Å². The van der Waals surface area contributed by atoms with Crippen LogP contribution in [0, 0.1) is 5.92 Å². The third kappa shape index (κ3) is 3.68. The van der Waals surface area contributed by atoms with Gasteiger partial charge in [-0.1, -0.05) is 18.5 Å². The molecule has 7 heteroatoms. The summed E-state index contributed by atoms with van der Waals surface area (Å²) in [5, 5.41) is 4.93. The van der Waals surface area contributed by atoms with E-state index in [0.29, 0.717) is 17.0 Å². The topological polar surface area (TPSA) is 54.3 Å². The van der Waals surface area contributed by atoms with E-state index in [1.807, 2.05) is 12.3 Å². The Labute approximate surface area is 165 Å². The first-order valence-corrected chi connectivity index (χ1v) is 10.2. The van der Waals surface area contributed by atoms with E-state index in [0.717, 1.165) is 63.1 Å². The summed E-state index contributed by atoms with van der Waals surface area (Å²) in [5.74, 6) is 0.511. The summed E-state index contributed by atoms with van der Waals surface area (Å²) in [5.41, 5.74) is 2.00. The molecule has 2 aliphatic heterocycles. The summed E-state index contributed by atoms with van der Waals surface area (Å²) in [6.07, 6.45) is 12.2. The van der Waals surface area contributed by atoms with Crippen molar-refractivity contribution in [2.45, 2.75) is 45.1 Å². The molecule has 2 aromatic heterocycles. The molecule has 27 heavy (non-hydrogen) atoms. The number of halogens is 1. The first-order valence-electron chi connectivity index (χ1n) is 9.87. The minimum atomic E-state index is 0.146. The lowest BCUT2D eigenvalue weighted by Crippen LogP contribution is -2.44. The molecule has 1 unspecified atom stereocenters. The molecule has 2 saturated heterocycles. The van der Waals surface area contributed by atoms with Gasteiger partial charge in [0.15, 0.2) is 0 Å². The first kappa shape index (κ1) is 18.3. The van der Waals surface area contributed by atoms with Crippen LogP contribution in [0.2, 0.25) is 5.02 Å². The van der Waals surface area contributed by atoms with Gasteiger partial charge in [-0.25, -0.2) is 4.68 Å². The second kappa shape index (κ2) is 7.89. The van der Waals surface area contributed by atoms with Crippen LogP contribution in [0.15, 0.2) is 30.9 Å². The van der Waals surface area contributed by atoms with Gasteiger partial charge in [0.2, 0.25) is 5.91 Å². The number of hydrogen-bond donors (Lipinski definition) is 0. The van der Waals surface area contributed by atoms with E-state index < -0.39 is 0 Å². The molecular weight excluding hydrogens is 362 g/mol. The lowest BCUT2D eigenvalue weighted by atomic mass is 9.94. The SMILES string of the molecule is CCC1CCCN1C(=O)C1CCN(c2cnccc2-n2cc(Cl)cn2)CC1. The van der Waals surface area contributed by atoms with E-state index in [1.165, 1.54) is 0 Å². The fourth-order valence-corrected chi connectivity index (χ4v) is 4.54. The van der Waals surface area contributed by atoms with Crippen molar-refractivity contribution in [1.29, 1.82) is 0 Å². The van der Waals surface area contributed by atoms with Gasteiger partial charge < -0.3 is 9.80 Å². The number of pyridine rings is 1. The van der Waals surface area contributed by atoms with Gasteiger partial charge in [-0.2, -0.15) is 5.10 Å². The number of likely N-dealkylation sites (tertiary alicyclic amines) is 1. The van der Waals surface area contributed by atoms with Gasteiger partial charge in [0.25, 0.3) is 0 Å². The van der Waals surface area contributed by atoms with E-state index in [9.17, 15) is 4.79 Å². The van der Waals surface area contributed by atoms with Crippen molar-refractivity contribution in [1.82, 2.24) is 19.7 Å². The number of carbonyl (C=O) groups excluding carboxylic acids is 1. The fraction of sp³-hybridized carbons (Fsp3) is 0.550. The normalized spacial score (nSPS) is 21.0. The van der Waals surface area contributed by atoms with Gasteiger partial charge in [0.1, 0.15) is 0 Å². The fourth-order valence-electron chi connectivity index (χ4n) is 4.40. The Balaban J connectivity index is 1.45. The number of hydrogen-bond acceptors (Lipinski definition) is 4. The van der Waals surface area contributed by atoms with Crippen molar-refractivity contribution in [2.75, 3.05) is 24.5 Å². The third-order valence-corrected chi connectivity index (χ3v) is 6.09. The molecule has 0 saturated carbocycles. The van der Waals surface area contributed by atoms with Gasteiger partial charge in [0.05, 0.1) is 28.8 Å². The lowest BCUT2D eigenvalue weighted by Gasteiger charge is -2.36. The summed E-state index contributed by atoms with van der Waals surface area (Å²) in [7, 11) is 0. The van der Waals surface area contributed by atoms with E-state index in [-0.39, 0.29) is 5.92 Å². The highest BCUT2D eigenvalue weighted by Crippen LogP contribution is 2.31. The second-order valence-corrected chi connectivity index (χ2v) is 7.90. The summed E-state index contributed by atoms with van der Waals surface area (Å²) < 4.78 is 1.78. The van der Waals surface area contributed by atoms with E-state index in [2.05, 4.69) is 26.8 Å². The van der Waals surface area contributed by atoms with Crippen LogP contribution >= 0.6 is 11.6 Å². The third-order valence-electron chi connectivity index (χ3n) is 5.89. The van der Waals surface area contributed by atoms with Crippen molar-refractivity contribution in [3.8, 4) is 5.69 Å². The summed E-state index contributed by atoms with van der Waals surface area (Å²) >= 11 is 6.03. The van der Waals surface area contributed by atoms with Gasteiger partial charge in [-0.3, -0.25) is 9.78 Å². The molecule has 0 aliphatic carbocycles. The molecule has 4 heterocycles. The maximum Gasteiger partial charge on any atom is 0.226 e. The van der Waals surface area contributed by atoms with Crippen LogP contribution in [-0.2, 0) is 4.79 Å². The van der Waals surface area contributed by atoms with Gasteiger partial charge in [-0.05, 0) is 38.2 Å². The summed E-state index contributed by atoms with van der Waals surface area (Å²) in [6, 6.07) is 2.40. The quantitative estimate of drug-likeness (QED) is 0.805. The van der Waals surface area contributed by atoms with Crippen LogP contribution in [0.5, 0.6) is 0 Å². The molecule has 4 rings (SSSR count). The van der Waals surface area contributed by atoms with Crippen molar-refractivity contribution in [3.05, 3.63) is 35.9 Å². The number of rotatable bonds is 4. The maximum absolute atomic E-state index is 13.0. The van der Waals surface area contributed by atoms with Crippen LogP contribution in [-0.4, -0.2) is 51.2 Å². The maximum atomic E-state index is 13.0. The summed E-state index contributed by atoms with van der Waals surface area (Å²) in [4.78, 5) is 21.7. The Hall–Kier alpha value is -2.08. The Morgan fingerprint density at radius 2 is 2.00 bits per heavy atom. The van der Waals surface area contributed by atoms with E-state index >= 15 is 0 Å². The van der Waals surface area contributed by atoms with Crippen LogP contribution in [0.1, 0.15) is 39.0 Å². The second-order valence-electron chi connectivity index (χ2n) is 7.46. The zero-order valence-electron chi connectivity index (χ0n) is 15.7. The Kier molecular flexibility index (Phi) is 5.34. The zero-order valence-corrected chi connectivity index (χ0v) is 16.5. The number of anilines is 1. The van der Waals surface area contributed by atoms with Crippen molar-refractivity contribution in [3.63, 3.8) is 0 Å². The largest absolute Gasteiger partial charge is 0.368 e.